The van der Waals surface area contributed by atoms with Crippen LogP contribution in [0.1, 0.15) is 31.7 Å². The molecule has 1 radical (unpaired) electrons. The van der Waals surface area contributed by atoms with Crippen molar-refractivity contribution in [3.05, 3.63) is 59.7 Å². The molecule has 3 rings (SSSR count). The predicted octanol–water partition coefficient (Wildman–Crippen LogP) is 4.63. The highest BCUT2D eigenvalue weighted by Gasteiger charge is 2.19. The number of likely N-dealkylation sites (tertiary alicyclic amines) is 1. The summed E-state index contributed by atoms with van der Waals surface area (Å²) in [6.07, 6.45) is 3.56. The van der Waals surface area contributed by atoms with E-state index >= 15 is 0 Å². The van der Waals surface area contributed by atoms with Crippen LogP contribution in [0.5, 0.6) is 5.75 Å². The highest BCUT2D eigenvalue weighted by molar-refractivity contribution is 5.45. The number of halogens is 2. The smallest absolute Gasteiger partial charge is 0.160 e. The number of nitrogens with zero attached hydrogens (tertiary/aromatic N) is 1. The Hall–Kier alpha value is -2.14. The van der Waals surface area contributed by atoms with Gasteiger partial charge in [0, 0.05) is 36.4 Å². The zero-order valence-electron chi connectivity index (χ0n) is 15.1. The monoisotopic (exact) mass is 359 g/mol. The predicted molar refractivity (Wildman–Crippen MR) is 99.3 cm³/mol. The van der Waals surface area contributed by atoms with Gasteiger partial charge in [-0.2, -0.15) is 0 Å². The molecule has 0 amide bonds. The van der Waals surface area contributed by atoms with E-state index in [1.54, 1.807) is 0 Å². The SMILES string of the molecule is CC1CCCN1CCCOc1cc[c]cc1CNc1ccc(F)c(F)c1. The van der Waals surface area contributed by atoms with Gasteiger partial charge in [0.1, 0.15) is 5.75 Å². The quantitative estimate of drug-likeness (QED) is 0.696. The van der Waals surface area contributed by atoms with Crippen LogP contribution in [0.4, 0.5) is 14.5 Å². The zero-order chi connectivity index (χ0) is 18.4. The van der Waals surface area contributed by atoms with Gasteiger partial charge in [-0.25, -0.2) is 8.78 Å². The average molecular weight is 359 g/mol. The van der Waals surface area contributed by atoms with E-state index in [0.717, 1.165) is 36.4 Å². The molecule has 1 N–H and O–H groups in total. The Kier molecular flexibility index (Phi) is 6.45. The number of hydrogen-bond acceptors (Lipinski definition) is 3. The maximum absolute atomic E-state index is 13.3. The number of hydrogen-bond donors (Lipinski definition) is 1. The van der Waals surface area contributed by atoms with Crippen molar-refractivity contribution in [2.45, 2.75) is 38.8 Å². The largest absolute Gasteiger partial charge is 0.493 e. The Morgan fingerprint density at radius 3 is 2.92 bits per heavy atom. The molecule has 1 heterocycles. The Bertz CT molecular complexity index is 723. The minimum Gasteiger partial charge on any atom is -0.493 e. The second kappa shape index (κ2) is 8.99. The molecule has 1 aliphatic heterocycles. The van der Waals surface area contributed by atoms with Crippen molar-refractivity contribution in [3.63, 3.8) is 0 Å². The molecule has 26 heavy (non-hydrogen) atoms. The van der Waals surface area contributed by atoms with Crippen LogP contribution >= 0.6 is 0 Å². The van der Waals surface area contributed by atoms with Crippen molar-refractivity contribution in [1.82, 2.24) is 4.90 Å². The minimum absolute atomic E-state index is 0.459. The lowest BCUT2D eigenvalue weighted by Gasteiger charge is -2.21. The van der Waals surface area contributed by atoms with Gasteiger partial charge in [0.25, 0.3) is 0 Å². The first-order valence-electron chi connectivity index (χ1n) is 9.18. The van der Waals surface area contributed by atoms with Gasteiger partial charge in [-0.3, -0.25) is 0 Å². The normalized spacial score (nSPS) is 17.4. The van der Waals surface area contributed by atoms with Gasteiger partial charge in [-0.1, -0.05) is 6.07 Å². The molecule has 0 spiro atoms. The van der Waals surface area contributed by atoms with E-state index in [-0.39, 0.29) is 0 Å². The third-order valence-corrected chi connectivity index (χ3v) is 4.85. The molecule has 0 saturated carbocycles. The molecule has 1 unspecified atom stereocenters. The standard InChI is InChI=1S/C21H25F2N2O/c1-16-6-4-11-25(16)12-5-13-26-21-8-3-2-7-17(21)15-24-18-9-10-19(22)20(23)14-18/h3,7-10,14,16,24H,4-6,11-13,15H2,1H3. The van der Waals surface area contributed by atoms with E-state index in [1.165, 1.54) is 25.5 Å². The summed E-state index contributed by atoms with van der Waals surface area (Å²) in [5, 5.41) is 3.10. The number of anilines is 1. The van der Waals surface area contributed by atoms with Crippen molar-refractivity contribution in [2.24, 2.45) is 0 Å². The van der Waals surface area contributed by atoms with E-state index in [9.17, 15) is 8.78 Å². The van der Waals surface area contributed by atoms with Crippen molar-refractivity contribution in [2.75, 3.05) is 25.0 Å². The Morgan fingerprint density at radius 1 is 1.27 bits per heavy atom. The van der Waals surface area contributed by atoms with Crippen LogP contribution in [0.15, 0.2) is 36.4 Å². The van der Waals surface area contributed by atoms with E-state index in [2.05, 4.69) is 23.2 Å². The first kappa shape index (κ1) is 18.6. The Balaban J connectivity index is 1.50. The number of benzene rings is 2. The molecule has 1 fully saturated rings. The number of ether oxygens (including phenoxy) is 1. The summed E-state index contributed by atoms with van der Waals surface area (Å²) < 4.78 is 32.2. The molecular weight excluding hydrogens is 334 g/mol. The van der Waals surface area contributed by atoms with Crippen LogP contribution in [-0.2, 0) is 6.54 Å². The van der Waals surface area contributed by atoms with Crippen molar-refractivity contribution in [1.29, 1.82) is 0 Å². The molecule has 3 nitrogen and oxygen atoms in total. The molecular formula is C21H25F2N2O. The third-order valence-electron chi connectivity index (χ3n) is 4.85. The third kappa shape index (κ3) is 4.94. The molecule has 2 aromatic carbocycles. The lowest BCUT2D eigenvalue weighted by atomic mass is 10.2. The molecule has 0 aliphatic carbocycles. The second-order valence-electron chi connectivity index (χ2n) is 6.75. The summed E-state index contributed by atoms with van der Waals surface area (Å²) in [6.45, 7) is 5.64. The molecule has 0 aromatic heterocycles. The highest BCUT2D eigenvalue weighted by atomic mass is 19.2. The molecule has 1 atom stereocenters. The van der Waals surface area contributed by atoms with Crippen LogP contribution in [-0.4, -0.2) is 30.6 Å². The Labute approximate surface area is 154 Å². The average Bonchev–Trinajstić information content (AvgIpc) is 3.05. The van der Waals surface area contributed by atoms with Crippen LogP contribution in [0.2, 0.25) is 0 Å². The number of rotatable bonds is 8. The van der Waals surface area contributed by atoms with Gasteiger partial charge in [-0.15, -0.1) is 0 Å². The maximum atomic E-state index is 13.3. The fourth-order valence-electron chi connectivity index (χ4n) is 3.31. The minimum atomic E-state index is -0.859. The van der Waals surface area contributed by atoms with E-state index in [0.29, 0.717) is 24.9 Å². The first-order chi connectivity index (χ1) is 12.6. The van der Waals surface area contributed by atoms with Gasteiger partial charge in [-0.05, 0) is 63.1 Å². The summed E-state index contributed by atoms with van der Waals surface area (Å²) in [4.78, 5) is 2.51. The van der Waals surface area contributed by atoms with Gasteiger partial charge >= 0.3 is 0 Å². The fourth-order valence-corrected chi connectivity index (χ4v) is 3.31. The summed E-state index contributed by atoms with van der Waals surface area (Å²) in [5.41, 5.74) is 1.47. The van der Waals surface area contributed by atoms with Crippen LogP contribution < -0.4 is 10.1 Å². The summed E-state index contributed by atoms with van der Waals surface area (Å²) in [7, 11) is 0. The molecule has 5 heteroatoms. The molecule has 1 saturated heterocycles. The maximum Gasteiger partial charge on any atom is 0.160 e. The topological polar surface area (TPSA) is 24.5 Å². The summed E-state index contributed by atoms with van der Waals surface area (Å²) in [6, 6.07) is 13.1. The highest BCUT2D eigenvalue weighted by Crippen LogP contribution is 2.21. The lowest BCUT2D eigenvalue weighted by Crippen LogP contribution is -2.28. The van der Waals surface area contributed by atoms with E-state index < -0.39 is 11.6 Å². The zero-order valence-corrected chi connectivity index (χ0v) is 15.1. The van der Waals surface area contributed by atoms with Crippen LogP contribution in [0.25, 0.3) is 0 Å². The van der Waals surface area contributed by atoms with Crippen molar-refractivity contribution in [3.8, 4) is 5.75 Å². The van der Waals surface area contributed by atoms with Crippen molar-refractivity contribution < 1.29 is 13.5 Å². The summed E-state index contributed by atoms with van der Waals surface area (Å²) >= 11 is 0. The molecule has 0 bridgehead atoms. The number of nitrogens with one attached hydrogen (secondary N) is 1. The van der Waals surface area contributed by atoms with Gasteiger partial charge < -0.3 is 15.0 Å². The van der Waals surface area contributed by atoms with Crippen molar-refractivity contribution >= 4 is 5.69 Å². The molecule has 139 valence electrons. The first-order valence-corrected chi connectivity index (χ1v) is 9.18. The fraction of sp³-hybridized carbons (Fsp3) is 0.429. The molecule has 2 aromatic rings. The second-order valence-corrected chi connectivity index (χ2v) is 6.75. The Morgan fingerprint density at radius 2 is 2.15 bits per heavy atom. The molecule has 1 aliphatic rings. The van der Waals surface area contributed by atoms with E-state index in [1.807, 2.05) is 18.2 Å². The van der Waals surface area contributed by atoms with E-state index in [4.69, 9.17) is 4.74 Å². The van der Waals surface area contributed by atoms with Gasteiger partial charge in [0.15, 0.2) is 11.6 Å². The van der Waals surface area contributed by atoms with Gasteiger partial charge in [0.2, 0.25) is 0 Å². The van der Waals surface area contributed by atoms with Crippen LogP contribution in [0.3, 0.4) is 0 Å². The summed E-state index contributed by atoms with van der Waals surface area (Å²) in [5.74, 6) is -0.907. The van der Waals surface area contributed by atoms with Crippen LogP contribution in [0, 0.1) is 17.7 Å². The lowest BCUT2D eigenvalue weighted by molar-refractivity contribution is 0.229. The van der Waals surface area contributed by atoms with Gasteiger partial charge in [0.05, 0.1) is 6.61 Å².